The summed E-state index contributed by atoms with van der Waals surface area (Å²) in [5, 5.41) is 10.2. The van der Waals surface area contributed by atoms with Crippen molar-refractivity contribution in [3.8, 4) is 0 Å². The average molecular weight is 851 g/mol. The largest absolute Gasteiger partial charge is 0.310 e. The van der Waals surface area contributed by atoms with Gasteiger partial charge in [-0.3, -0.25) is 0 Å². The van der Waals surface area contributed by atoms with Gasteiger partial charge >= 0.3 is 0 Å². The highest BCUT2D eigenvalue weighted by molar-refractivity contribution is 6.33. The van der Waals surface area contributed by atoms with Crippen LogP contribution in [0, 0.1) is 0 Å². The van der Waals surface area contributed by atoms with Gasteiger partial charge in [0.05, 0.1) is 44.5 Å². The van der Waals surface area contributed by atoms with E-state index in [1.54, 1.807) is 0 Å². The molecule has 0 aliphatic carbocycles. The molecule has 0 saturated carbocycles. The van der Waals surface area contributed by atoms with Crippen LogP contribution >= 0.6 is 0 Å². The van der Waals surface area contributed by atoms with E-state index in [1.165, 1.54) is 98.7 Å². The molecule has 66 heavy (non-hydrogen) atoms. The second-order valence-electron chi connectivity index (χ2n) is 20.2. The van der Waals surface area contributed by atoms with Crippen LogP contribution in [0.15, 0.2) is 194 Å². The average Bonchev–Trinajstić information content (AvgIpc) is 4.06. The van der Waals surface area contributed by atoms with E-state index in [4.69, 9.17) is 0 Å². The Morgan fingerprint density at radius 2 is 0.606 bits per heavy atom. The minimum absolute atomic E-state index is 0.148. The lowest BCUT2D eigenvalue weighted by Gasteiger charge is -2.29. The normalized spacial score (nSPS) is 12.7. The number of rotatable bonds is 6. The number of hydrogen-bond donors (Lipinski definition) is 0. The van der Waals surface area contributed by atoms with E-state index >= 15 is 0 Å². The third-order valence-electron chi connectivity index (χ3n) is 14.1. The SMILES string of the molecule is CC(C)(C)c1cc(N(c2ccccc2)c2ccccc2)c2c3cc4c(cc3n3c5ccccc5c1c23)c1c(N(c2ccccc2)c2ccccc2)cc(C(C)(C)C)c2c3ccccc3n4c12. The third kappa shape index (κ3) is 5.39. The van der Waals surface area contributed by atoms with E-state index in [0.717, 1.165) is 22.7 Å². The second-order valence-corrected chi connectivity index (χ2v) is 20.2. The molecule has 9 aromatic carbocycles. The topological polar surface area (TPSA) is 15.3 Å². The smallest absolute Gasteiger partial charge is 0.0644 e. The quantitative estimate of drug-likeness (QED) is 0.166. The standard InChI is InChI=1S/C62H50N4/c1-61(2,3)47-37-53(63(39-23-11-7-12-24-39)40-25-13-8-14-26-40)57-45-35-52-46(36-51(45)65-49-33-21-19-31-43(49)55(47)59(57)65)58-54(64(41-27-15-9-16-28-41)42-29-17-10-18-30-42)38-48(62(4,5)6)56-44-32-20-22-34-50(44)66(52)60(56)58/h7-38H,1-6H3. The molecule has 0 aliphatic rings. The molecule has 4 heteroatoms. The molecule has 13 aromatic rings. The Labute approximate surface area is 384 Å². The first-order valence-electron chi connectivity index (χ1n) is 23.3. The number of benzene rings is 9. The Morgan fingerprint density at radius 3 is 0.924 bits per heavy atom. The molecule has 0 N–H and O–H groups in total. The molecule has 0 saturated heterocycles. The van der Waals surface area contributed by atoms with Crippen molar-refractivity contribution >= 4 is 110 Å². The highest BCUT2D eigenvalue weighted by atomic mass is 15.2. The van der Waals surface area contributed by atoms with Crippen LogP contribution in [0.3, 0.4) is 0 Å². The Kier molecular flexibility index (Phi) is 8.10. The number of aromatic nitrogens is 2. The Morgan fingerprint density at radius 1 is 0.303 bits per heavy atom. The number of nitrogens with zero attached hydrogens (tertiary/aromatic N) is 4. The number of anilines is 6. The Bertz CT molecular complexity index is 3640. The summed E-state index contributed by atoms with van der Waals surface area (Å²) >= 11 is 0. The van der Waals surface area contributed by atoms with Crippen molar-refractivity contribution in [2.24, 2.45) is 0 Å². The first-order chi connectivity index (χ1) is 32.1. The van der Waals surface area contributed by atoms with Gasteiger partial charge in [0.1, 0.15) is 0 Å². The molecule has 0 bridgehead atoms. The Balaban J connectivity index is 1.28. The van der Waals surface area contributed by atoms with Crippen LogP contribution in [0.25, 0.3) is 76.2 Å². The van der Waals surface area contributed by atoms with Crippen molar-refractivity contribution in [3.05, 3.63) is 205 Å². The molecule has 4 nitrogen and oxygen atoms in total. The van der Waals surface area contributed by atoms with E-state index in [-0.39, 0.29) is 10.8 Å². The third-order valence-corrected chi connectivity index (χ3v) is 14.1. The molecular weight excluding hydrogens is 801 g/mol. The van der Waals surface area contributed by atoms with Crippen LogP contribution in [-0.4, -0.2) is 8.80 Å². The zero-order chi connectivity index (χ0) is 44.6. The van der Waals surface area contributed by atoms with Gasteiger partial charge in [-0.1, -0.05) is 151 Å². The minimum Gasteiger partial charge on any atom is -0.310 e. The molecule has 0 atom stereocenters. The van der Waals surface area contributed by atoms with Crippen LogP contribution in [0.4, 0.5) is 34.1 Å². The molecule has 0 unspecified atom stereocenters. The summed E-state index contributed by atoms with van der Waals surface area (Å²) < 4.78 is 5.20. The van der Waals surface area contributed by atoms with Crippen LogP contribution in [0.2, 0.25) is 0 Å². The van der Waals surface area contributed by atoms with Crippen molar-refractivity contribution in [2.75, 3.05) is 9.80 Å². The van der Waals surface area contributed by atoms with Crippen molar-refractivity contribution in [1.29, 1.82) is 0 Å². The molecule has 0 fully saturated rings. The maximum Gasteiger partial charge on any atom is 0.0644 e. The molecule has 0 radical (unpaired) electrons. The monoisotopic (exact) mass is 850 g/mol. The predicted molar refractivity (Wildman–Crippen MR) is 283 cm³/mol. The van der Waals surface area contributed by atoms with Gasteiger partial charge in [0, 0.05) is 65.8 Å². The maximum atomic E-state index is 2.60. The number of hydrogen-bond acceptors (Lipinski definition) is 2. The molecule has 13 rings (SSSR count). The van der Waals surface area contributed by atoms with E-state index in [2.05, 4.69) is 254 Å². The molecular formula is C62H50N4. The zero-order valence-corrected chi connectivity index (χ0v) is 38.3. The molecule has 4 heterocycles. The molecule has 4 aromatic heterocycles. The van der Waals surface area contributed by atoms with Crippen LogP contribution in [-0.2, 0) is 10.8 Å². The summed E-state index contributed by atoms with van der Waals surface area (Å²) in [5.41, 5.74) is 16.7. The molecule has 0 spiro atoms. The summed E-state index contributed by atoms with van der Waals surface area (Å²) in [6.07, 6.45) is 0. The van der Waals surface area contributed by atoms with Crippen LogP contribution in [0.1, 0.15) is 52.7 Å². The fourth-order valence-electron chi connectivity index (χ4n) is 11.4. The van der Waals surface area contributed by atoms with Crippen molar-refractivity contribution < 1.29 is 0 Å². The highest BCUT2D eigenvalue weighted by Crippen LogP contribution is 2.55. The minimum atomic E-state index is -0.148. The summed E-state index contributed by atoms with van der Waals surface area (Å²) in [5.74, 6) is 0. The summed E-state index contributed by atoms with van der Waals surface area (Å²) in [6.45, 7) is 14.2. The van der Waals surface area contributed by atoms with Crippen LogP contribution < -0.4 is 9.80 Å². The number of para-hydroxylation sites is 6. The van der Waals surface area contributed by atoms with Gasteiger partial charge in [0.2, 0.25) is 0 Å². The molecule has 0 amide bonds. The number of fused-ring (bicyclic) bond motifs is 12. The highest BCUT2D eigenvalue weighted by Gasteiger charge is 2.33. The van der Waals surface area contributed by atoms with Gasteiger partial charge in [-0.15, -0.1) is 0 Å². The van der Waals surface area contributed by atoms with Gasteiger partial charge in [-0.05, 0) is 107 Å². The van der Waals surface area contributed by atoms with Gasteiger partial charge < -0.3 is 18.6 Å². The predicted octanol–water partition coefficient (Wildman–Crippen LogP) is 17.5. The zero-order valence-electron chi connectivity index (χ0n) is 38.3. The lowest BCUT2D eigenvalue weighted by molar-refractivity contribution is 0.596. The van der Waals surface area contributed by atoms with Crippen molar-refractivity contribution in [2.45, 2.75) is 52.4 Å². The van der Waals surface area contributed by atoms with Crippen molar-refractivity contribution in [3.63, 3.8) is 0 Å². The van der Waals surface area contributed by atoms with Gasteiger partial charge in [-0.2, -0.15) is 0 Å². The maximum absolute atomic E-state index is 2.60. The summed E-state index contributed by atoms with van der Waals surface area (Å²) in [6, 6.07) is 71.9. The van der Waals surface area contributed by atoms with E-state index in [1.807, 2.05) is 0 Å². The van der Waals surface area contributed by atoms with E-state index < -0.39 is 0 Å². The van der Waals surface area contributed by atoms with Crippen LogP contribution in [0.5, 0.6) is 0 Å². The molecule has 318 valence electrons. The first kappa shape index (κ1) is 38.6. The fourth-order valence-corrected chi connectivity index (χ4v) is 11.4. The lowest BCUT2D eigenvalue weighted by atomic mass is 9.82. The molecule has 0 aliphatic heterocycles. The fraction of sp³-hybridized carbons (Fsp3) is 0.129. The summed E-state index contributed by atoms with van der Waals surface area (Å²) in [7, 11) is 0. The van der Waals surface area contributed by atoms with Gasteiger partial charge in [-0.25, -0.2) is 0 Å². The van der Waals surface area contributed by atoms with Crippen molar-refractivity contribution in [1.82, 2.24) is 8.80 Å². The van der Waals surface area contributed by atoms with E-state index in [9.17, 15) is 0 Å². The van der Waals surface area contributed by atoms with E-state index in [0.29, 0.717) is 0 Å². The first-order valence-corrected chi connectivity index (χ1v) is 23.3. The lowest BCUT2D eigenvalue weighted by Crippen LogP contribution is -2.15. The van der Waals surface area contributed by atoms with Gasteiger partial charge in [0.25, 0.3) is 0 Å². The summed E-state index contributed by atoms with van der Waals surface area (Å²) in [4.78, 5) is 4.97. The van der Waals surface area contributed by atoms with Gasteiger partial charge in [0.15, 0.2) is 0 Å². The Hall–Kier alpha value is -7.82. The second kappa shape index (κ2) is 13.8.